The maximum Gasteiger partial charge on any atom is 0.194 e. The lowest BCUT2D eigenvalue weighted by Gasteiger charge is -2.06. The van der Waals surface area contributed by atoms with Crippen LogP contribution in [0.3, 0.4) is 0 Å². The molecular weight excluding hydrogens is 290 g/mol. The molecule has 4 aromatic rings. The standard InChI is InChI=1S/C18H17N3S/c1-12-16(8-9-19)21-17(11-22-18(21)20-12)15-7-6-13-4-2-3-5-14(13)10-15/h2-7,10-11H,8-9,19H2,1H3. The van der Waals surface area contributed by atoms with E-state index < -0.39 is 0 Å². The fourth-order valence-electron chi connectivity index (χ4n) is 3.00. The lowest BCUT2D eigenvalue weighted by molar-refractivity contribution is 0.899. The average molecular weight is 307 g/mol. The molecule has 0 unspecified atom stereocenters. The summed E-state index contributed by atoms with van der Waals surface area (Å²) in [6.07, 6.45) is 0.852. The highest BCUT2D eigenvalue weighted by molar-refractivity contribution is 7.15. The first-order valence-electron chi connectivity index (χ1n) is 7.42. The van der Waals surface area contributed by atoms with Crippen LogP contribution in [-0.4, -0.2) is 15.9 Å². The van der Waals surface area contributed by atoms with Crippen molar-refractivity contribution in [2.75, 3.05) is 6.54 Å². The molecule has 22 heavy (non-hydrogen) atoms. The summed E-state index contributed by atoms with van der Waals surface area (Å²) in [5, 5.41) is 4.71. The smallest absolute Gasteiger partial charge is 0.194 e. The number of aryl methyl sites for hydroxylation is 1. The lowest BCUT2D eigenvalue weighted by Crippen LogP contribution is -2.06. The molecule has 2 N–H and O–H groups in total. The van der Waals surface area contributed by atoms with Crippen LogP contribution >= 0.6 is 11.3 Å². The number of imidazole rings is 1. The molecule has 0 amide bonds. The molecule has 2 aromatic carbocycles. The lowest BCUT2D eigenvalue weighted by atomic mass is 10.1. The van der Waals surface area contributed by atoms with Gasteiger partial charge in [0.15, 0.2) is 4.96 Å². The van der Waals surface area contributed by atoms with Crippen molar-refractivity contribution >= 4 is 27.1 Å². The molecule has 110 valence electrons. The van der Waals surface area contributed by atoms with Crippen molar-refractivity contribution in [1.29, 1.82) is 0 Å². The van der Waals surface area contributed by atoms with Crippen molar-refractivity contribution < 1.29 is 0 Å². The Morgan fingerprint density at radius 2 is 1.95 bits per heavy atom. The van der Waals surface area contributed by atoms with Gasteiger partial charge in [0, 0.05) is 23.1 Å². The summed E-state index contributed by atoms with van der Waals surface area (Å²) in [5.41, 5.74) is 10.5. The Labute approximate surface area is 133 Å². The molecule has 4 rings (SSSR count). The highest BCUT2D eigenvalue weighted by atomic mass is 32.1. The third kappa shape index (κ3) is 2.03. The SMILES string of the molecule is Cc1nc2scc(-c3ccc4ccccc4c3)n2c1CCN. The Hall–Kier alpha value is -2.17. The van der Waals surface area contributed by atoms with E-state index in [4.69, 9.17) is 5.73 Å². The minimum absolute atomic E-state index is 0.641. The van der Waals surface area contributed by atoms with Crippen LogP contribution in [0.25, 0.3) is 27.0 Å². The molecule has 2 aromatic heterocycles. The molecule has 2 heterocycles. The van der Waals surface area contributed by atoms with Gasteiger partial charge in [0.05, 0.1) is 11.4 Å². The van der Waals surface area contributed by atoms with Crippen LogP contribution in [0.2, 0.25) is 0 Å². The molecule has 0 saturated carbocycles. The molecule has 0 saturated heterocycles. The highest BCUT2D eigenvalue weighted by Crippen LogP contribution is 2.30. The molecule has 0 aliphatic rings. The van der Waals surface area contributed by atoms with Gasteiger partial charge in [0.2, 0.25) is 0 Å². The van der Waals surface area contributed by atoms with Crippen LogP contribution in [-0.2, 0) is 6.42 Å². The number of benzene rings is 2. The van der Waals surface area contributed by atoms with E-state index in [9.17, 15) is 0 Å². The molecular formula is C18H17N3S. The first-order chi connectivity index (χ1) is 10.8. The zero-order valence-corrected chi connectivity index (χ0v) is 13.2. The normalized spacial score (nSPS) is 11.5. The number of aromatic nitrogens is 2. The van der Waals surface area contributed by atoms with Crippen molar-refractivity contribution in [3.63, 3.8) is 0 Å². The number of hydrogen-bond acceptors (Lipinski definition) is 3. The van der Waals surface area contributed by atoms with E-state index in [0.29, 0.717) is 6.54 Å². The van der Waals surface area contributed by atoms with Crippen LogP contribution in [0.15, 0.2) is 47.8 Å². The van der Waals surface area contributed by atoms with E-state index in [0.717, 1.165) is 17.1 Å². The maximum absolute atomic E-state index is 5.77. The molecule has 0 fully saturated rings. The average Bonchev–Trinajstić information content (AvgIpc) is 3.07. The van der Waals surface area contributed by atoms with Gasteiger partial charge >= 0.3 is 0 Å². The van der Waals surface area contributed by atoms with Crippen molar-refractivity contribution in [2.24, 2.45) is 5.73 Å². The van der Waals surface area contributed by atoms with Gasteiger partial charge in [0.25, 0.3) is 0 Å². The summed E-state index contributed by atoms with van der Waals surface area (Å²) in [4.78, 5) is 5.71. The Bertz CT molecular complexity index is 965. The summed E-state index contributed by atoms with van der Waals surface area (Å²) in [6, 6.07) is 15.1. The molecule has 4 heteroatoms. The number of nitrogens with zero attached hydrogens (tertiary/aromatic N) is 2. The van der Waals surface area contributed by atoms with Gasteiger partial charge in [0.1, 0.15) is 0 Å². The van der Waals surface area contributed by atoms with Gasteiger partial charge in [-0.2, -0.15) is 0 Å². The number of rotatable bonds is 3. The first-order valence-corrected chi connectivity index (χ1v) is 8.30. The minimum Gasteiger partial charge on any atom is -0.330 e. The summed E-state index contributed by atoms with van der Waals surface area (Å²) in [6.45, 7) is 2.70. The van der Waals surface area contributed by atoms with Gasteiger partial charge in [-0.05, 0) is 30.3 Å². The fraction of sp³-hybridized carbons (Fsp3) is 0.167. The Morgan fingerprint density at radius 1 is 1.14 bits per heavy atom. The van der Waals surface area contributed by atoms with E-state index >= 15 is 0 Å². The molecule has 0 atom stereocenters. The van der Waals surface area contributed by atoms with Crippen LogP contribution in [0, 0.1) is 6.92 Å². The third-order valence-corrected chi connectivity index (χ3v) is 4.91. The van der Waals surface area contributed by atoms with Crippen LogP contribution < -0.4 is 5.73 Å². The van der Waals surface area contributed by atoms with Gasteiger partial charge in [-0.1, -0.05) is 36.4 Å². The summed E-state index contributed by atoms with van der Waals surface area (Å²) < 4.78 is 2.26. The van der Waals surface area contributed by atoms with Crippen molar-refractivity contribution in [3.05, 3.63) is 59.2 Å². The van der Waals surface area contributed by atoms with E-state index in [1.54, 1.807) is 11.3 Å². The quantitative estimate of drug-likeness (QED) is 0.621. The van der Waals surface area contributed by atoms with Crippen LogP contribution in [0.1, 0.15) is 11.4 Å². The van der Waals surface area contributed by atoms with Gasteiger partial charge < -0.3 is 5.73 Å². The molecule has 0 aliphatic heterocycles. The van der Waals surface area contributed by atoms with Crippen molar-refractivity contribution in [3.8, 4) is 11.3 Å². The molecule has 0 spiro atoms. The van der Waals surface area contributed by atoms with E-state index in [1.807, 2.05) is 0 Å². The second-order valence-corrected chi connectivity index (χ2v) is 6.32. The highest BCUT2D eigenvalue weighted by Gasteiger charge is 2.14. The largest absolute Gasteiger partial charge is 0.330 e. The zero-order valence-electron chi connectivity index (χ0n) is 12.4. The second kappa shape index (κ2) is 5.23. The van der Waals surface area contributed by atoms with E-state index in [1.165, 1.54) is 27.7 Å². The summed E-state index contributed by atoms with van der Waals surface area (Å²) in [5.74, 6) is 0. The minimum atomic E-state index is 0.641. The second-order valence-electron chi connectivity index (χ2n) is 5.48. The molecule has 3 nitrogen and oxygen atoms in total. The number of fused-ring (bicyclic) bond motifs is 2. The van der Waals surface area contributed by atoms with Gasteiger partial charge in [-0.3, -0.25) is 4.40 Å². The molecule has 0 bridgehead atoms. The van der Waals surface area contributed by atoms with E-state index in [2.05, 4.69) is 64.2 Å². The van der Waals surface area contributed by atoms with Crippen LogP contribution in [0.4, 0.5) is 0 Å². The first kappa shape index (κ1) is 13.5. The van der Waals surface area contributed by atoms with Gasteiger partial charge in [-0.25, -0.2) is 4.98 Å². The summed E-state index contributed by atoms with van der Waals surface area (Å²) in [7, 11) is 0. The maximum atomic E-state index is 5.77. The monoisotopic (exact) mass is 307 g/mol. The number of thiazole rings is 1. The predicted octanol–water partition coefficient (Wildman–Crippen LogP) is 4.03. The number of nitrogens with two attached hydrogens (primary N) is 1. The predicted molar refractivity (Wildman–Crippen MR) is 93.5 cm³/mol. The Morgan fingerprint density at radius 3 is 2.77 bits per heavy atom. The number of hydrogen-bond donors (Lipinski definition) is 1. The van der Waals surface area contributed by atoms with Crippen molar-refractivity contribution in [1.82, 2.24) is 9.38 Å². The molecule has 0 radical (unpaired) electrons. The fourth-order valence-corrected chi connectivity index (χ4v) is 3.96. The van der Waals surface area contributed by atoms with Gasteiger partial charge in [-0.15, -0.1) is 11.3 Å². The summed E-state index contributed by atoms with van der Waals surface area (Å²) >= 11 is 1.69. The van der Waals surface area contributed by atoms with Crippen LogP contribution in [0.5, 0.6) is 0 Å². The van der Waals surface area contributed by atoms with Crippen molar-refractivity contribution in [2.45, 2.75) is 13.3 Å². The molecule has 0 aliphatic carbocycles. The Balaban J connectivity index is 1.95. The topological polar surface area (TPSA) is 43.3 Å². The van der Waals surface area contributed by atoms with E-state index in [-0.39, 0.29) is 0 Å². The Kier molecular flexibility index (Phi) is 3.21. The third-order valence-electron chi connectivity index (χ3n) is 4.09. The zero-order chi connectivity index (χ0) is 15.1.